The van der Waals surface area contributed by atoms with Gasteiger partial charge in [0.2, 0.25) is 15.9 Å². The lowest BCUT2D eigenvalue weighted by atomic mass is 10.00. The molecule has 3 N–H and O–H groups in total. The molecule has 0 spiro atoms. The van der Waals surface area contributed by atoms with Gasteiger partial charge >= 0.3 is 0 Å². The van der Waals surface area contributed by atoms with Gasteiger partial charge < -0.3 is 10.8 Å². The summed E-state index contributed by atoms with van der Waals surface area (Å²) in [6.07, 6.45) is 1.32. The van der Waals surface area contributed by atoms with Crippen molar-refractivity contribution in [2.24, 2.45) is 11.7 Å². The van der Waals surface area contributed by atoms with Crippen LogP contribution in [0.4, 0.5) is 0 Å². The fourth-order valence-corrected chi connectivity index (χ4v) is 3.74. The molecule has 1 aromatic rings. The molecule has 1 aliphatic heterocycles. The van der Waals surface area contributed by atoms with E-state index in [1.807, 2.05) is 0 Å². The van der Waals surface area contributed by atoms with Crippen molar-refractivity contribution in [3.63, 3.8) is 0 Å². The topological polar surface area (TPSA) is 101 Å². The predicted octanol–water partition coefficient (Wildman–Crippen LogP) is 0.178. The molecule has 0 aromatic heterocycles. The monoisotopic (exact) mass is 298 g/mol. The number of primary amides is 1. The molecule has 1 aliphatic rings. The summed E-state index contributed by atoms with van der Waals surface area (Å²) in [5, 5.41) is 9.07. The third-order valence-electron chi connectivity index (χ3n) is 3.61. The van der Waals surface area contributed by atoms with Crippen LogP contribution in [0.5, 0.6) is 0 Å². The largest absolute Gasteiger partial charge is 0.396 e. The molecule has 6 nitrogen and oxygen atoms in total. The Bertz CT molecular complexity index is 575. The SMILES string of the molecule is NC(=O)c1ccc(S(=O)(=O)N2CCC(CO)CC2)cc1. The normalized spacial score (nSPS) is 18.1. The van der Waals surface area contributed by atoms with Gasteiger partial charge in [0.25, 0.3) is 0 Å². The number of nitrogens with zero attached hydrogens (tertiary/aromatic N) is 1. The Morgan fingerprint density at radius 3 is 2.25 bits per heavy atom. The molecule has 0 aliphatic carbocycles. The van der Waals surface area contributed by atoms with Gasteiger partial charge in [-0.15, -0.1) is 0 Å². The van der Waals surface area contributed by atoms with Gasteiger partial charge in [-0.3, -0.25) is 4.79 Å². The Morgan fingerprint density at radius 1 is 1.25 bits per heavy atom. The molecule has 1 saturated heterocycles. The third kappa shape index (κ3) is 3.00. The Hall–Kier alpha value is -1.44. The van der Waals surface area contributed by atoms with Crippen molar-refractivity contribution >= 4 is 15.9 Å². The van der Waals surface area contributed by atoms with Crippen LogP contribution in [0.25, 0.3) is 0 Å². The quantitative estimate of drug-likeness (QED) is 0.828. The molecule has 1 fully saturated rings. The molecule has 2 rings (SSSR count). The summed E-state index contributed by atoms with van der Waals surface area (Å²) in [5.74, 6) is -0.406. The number of benzene rings is 1. The van der Waals surface area contributed by atoms with Crippen LogP contribution in [-0.4, -0.2) is 43.4 Å². The van der Waals surface area contributed by atoms with Crippen LogP contribution in [-0.2, 0) is 10.0 Å². The first-order chi connectivity index (χ1) is 9.45. The molecule has 0 unspecified atom stereocenters. The molecule has 0 atom stereocenters. The van der Waals surface area contributed by atoms with Gasteiger partial charge in [-0.05, 0) is 43.0 Å². The van der Waals surface area contributed by atoms with Crippen LogP contribution in [0.1, 0.15) is 23.2 Å². The Balaban J connectivity index is 2.16. The van der Waals surface area contributed by atoms with Gasteiger partial charge in [-0.1, -0.05) is 0 Å². The Kier molecular flexibility index (Phi) is 4.42. The average Bonchev–Trinajstić information content (AvgIpc) is 2.47. The minimum absolute atomic E-state index is 0.0984. The maximum Gasteiger partial charge on any atom is 0.248 e. The number of carbonyl (C=O) groups excluding carboxylic acids is 1. The van der Waals surface area contributed by atoms with E-state index < -0.39 is 15.9 Å². The highest BCUT2D eigenvalue weighted by atomic mass is 32.2. The second kappa shape index (κ2) is 5.90. The first kappa shape index (κ1) is 15.0. The summed E-state index contributed by atoms with van der Waals surface area (Å²) >= 11 is 0. The van der Waals surface area contributed by atoms with E-state index in [2.05, 4.69) is 0 Å². The van der Waals surface area contributed by atoms with Crippen LogP contribution in [0.3, 0.4) is 0 Å². The molecule has 0 bridgehead atoms. The summed E-state index contributed by atoms with van der Waals surface area (Å²) in [6.45, 7) is 0.914. The summed E-state index contributed by atoms with van der Waals surface area (Å²) in [7, 11) is -3.54. The summed E-state index contributed by atoms with van der Waals surface area (Å²) in [5.41, 5.74) is 5.40. The molecule has 1 aromatic carbocycles. The molecule has 7 heteroatoms. The van der Waals surface area contributed by atoms with Crippen molar-refractivity contribution in [2.45, 2.75) is 17.7 Å². The van der Waals surface area contributed by atoms with Crippen molar-refractivity contribution < 1.29 is 18.3 Å². The van der Waals surface area contributed by atoms with E-state index in [1.165, 1.54) is 28.6 Å². The van der Waals surface area contributed by atoms with E-state index in [-0.39, 0.29) is 23.0 Å². The van der Waals surface area contributed by atoms with Crippen LogP contribution >= 0.6 is 0 Å². The van der Waals surface area contributed by atoms with E-state index in [1.54, 1.807) is 0 Å². The summed E-state index contributed by atoms with van der Waals surface area (Å²) in [4.78, 5) is 11.1. The average molecular weight is 298 g/mol. The summed E-state index contributed by atoms with van der Waals surface area (Å²) in [6, 6.07) is 5.62. The Labute approximate surface area is 118 Å². The molecule has 0 radical (unpaired) electrons. The lowest BCUT2D eigenvalue weighted by Crippen LogP contribution is -2.39. The number of nitrogens with two attached hydrogens (primary N) is 1. The molecule has 20 heavy (non-hydrogen) atoms. The number of sulfonamides is 1. The molecule has 1 amide bonds. The van der Waals surface area contributed by atoms with Crippen LogP contribution in [0.15, 0.2) is 29.2 Å². The molecule has 1 heterocycles. The summed E-state index contributed by atoms with van der Waals surface area (Å²) < 4.78 is 26.2. The second-order valence-corrected chi connectivity index (χ2v) is 6.86. The highest BCUT2D eigenvalue weighted by molar-refractivity contribution is 7.89. The van der Waals surface area contributed by atoms with E-state index in [0.717, 1.165) is 0 Å². The molecular weight excluding hydrogens is 280 g/mol. The zero-order valence-corrected chi connectivity index (χ0v) is 11.8. The molecule has 110 valence electrons. The number of hydrogen-bond acceptors (Lipinski definition) is 4. The standard InChI is InChI=1S/C13H18N2O4S/c14-13(17)11-1-3-12(4-2-11)20(18,19)15-7-5-10(9-16)6-8-15/h1-4,10,16H,5-9H2,(H2,14,17). The van der Waals surface area contributed by atoms with E-state index in [9.17, 15) is 13.2 Å². The van der Waals surface area contributed by atoms with Crippen molar-refractivity contribution in [3.8, 4) is 0 Å². The predicted molar refractivity (Wildman–Crippen MR) is 73.5 cm³/mol. The number of rotatable bonds is 4. The number of amides is 1. The minimum Gasteiger partial charge on any atom is -0.396 e. The van der Waals surface area contributed by atoms with Crippen molar-refractivity contribution in [3.05, 3.63) is 29.8 Å². The lowest BCUT2D eigenvalue weighted by molar-refractivity contribution is 0.1000. The van der Waals surface area contributed by atoms with Gasteiger partial charge in [0.15, 0.2) is 0 Å². The van der Waals surface area contributed by atoms with Gasteiger partial charge in [0.05, 0.1) is 4.90 Å². The zero-order valence-electron chi connectivity index (χ0n) is 11.0. The van der Waals surface area contributed by atoms with Gasteiger partial charge in [-0.25, -0.2) is 8.42 Å². The first-order valence-corrected chi connectivity index (χ1v) is 7.90. The van der Waals surface area contributed by atoms with Crippen molar-refractivity contribution in [1.29, 1.82) is 0 Å². The fourth-order valence-electron chi connectivity index (χ4n) is 2.27. The van der Waals surface area contributed by atoms with Gasteiger partial charge in [-0.2, -0.15) is 4.31 Å². The van der Waals surface area contributed by atoms with Gasteiger partial charge in [0.1, 0.15) is 0 Å². The number of carbonyl (C=O) groups is 1. The fraction of sp³-hybridized carbons (Fsp3) is 0.462. The smallest absolute Gasteiger partial charge is 0.248 e. The first-order valence-electron chi connectivity index (χ1n) is 6.46. The Morgan fingerprint density at radius 2 is 1.80 bits per heavy atom. The molecule has 0 saturated carbocycles. The number of aliphatic hydroxyl groups is 1. The van der Waals surface area contributed by atoms with Crippen molar-refractivity contribution in [1.82, 2.24) is 4.31 Å². The zero-order chi connectivity index (χ0) is 14.8. The van der Waals surface area contributed by atoms with Gasteiger partial charge in [0, 0.05) is 25.3 Å². The second-order valence-electron chi connectivity index (χ2n) is 4.92. The number of piperidine rings is 1. The highest BCUT2D eigenvalue weighted by Crippen LogP contribution is 2.23. The van der Waals surface area contributed by atoms with Crippen LogP contribution in [0.2, 0.25) is 0 Å². The van der Waals surface area contributed by atoms with E-state index in [4.69, 9.17) is 10.8 Å². The maximum absolute atomic E-state index is 12.4. The maximum atomic E-state index is 12.4. The van der Waals surface area contributed by atoms with Crippen LogP contribution < -0.4 is 5.73 Å². The highest BCUT2D eigenvalue weighted by Gasteiger charge is 2.29. The lowest BCUT2D eigenvalue weighted by Gasteiger charge is -2.30. The van der Waals surface area contributed by atoms with E-state index in [0.29, 0.717) is 25.9 Å². The van der Waals surface area contributed by atoms with E-state index >= 15 is 0 Å². The van der Waals surface area contributed by atoms with Crippen molar-refractivity contribution in [2.75, 3.05) is 19.7 Å². The number of aliphatic hydroxyl groups excluding tert-OH is 1. The number of hydrogen-bond donors (Lipinski definition) is 2. The molecular formula is C13H18N2O4S. The minimum atomic E-state index is -3.54. The van der Waals surface area contributed by atoms with Crippen LogP contribution in [0, 0.1) is 5.92 Å². The third-order valence-corrected chi connectivity index (χ3v) is 5.52.